The van der Waals surface area contributed by atoms with Crippen LogP contribution in [0.15, 0.2) is 24.3 Å². The van der Waals surface area contributed by atoms with Crippen molar-refractivity contribution < 1.29 is 4.74 Å². The summed E-state index contributed by atoms with van der Waals surface area (Å²) >= 11 is 6.09. The summed E-state index contributed by atoms with van der Waals surface area (Å²) in [6.07, 6.45) is 3.73. The third-order valence-electron chi connectivity index (χ3n) is 5.41. The Labute approximate surface area is 139 Å². The van der Waals surface area contributed by atoms with E-state index in [0.29, 0.717) is 5.41 Å². The van der Waals surface area contributed by atoms with Crippen molar-refractivity contribution in [3.63, 3.8) is 0 Å². The highest BCUT2D eigenvalue weighted by Crippen LogP contribution is 2.39. The van der Waals surface area contributed by atoms with E-state index in [1.165, 1.54) is 44.5 Å². The van der Waals surface area contributed by atoms with Crippen molar-refractivity contribution in [1.82, 2.24) is 9.80 Å². The molecule has 2 heterocycles. The molecule has 0 aromatic heterocycles. The Bertz CT molecular complexity index is 462. The lowest BCUT2D eigenvalue weighted by Gasteiger charge is -2.42. The normalized spacial score (nSPS) is 23.5. The van der Waals surface area contributed by atoms with Crippen LogP contribution in [-0.4, -0.2) is 62.8 Å². The van der Waals surface area contributed by atoms with Crippen molar-refractivity contribution in [3.05, 3.63) is 34.9 Å². The van der Waals surface area contributed by atoms with E-state index in [-0.39, 0.29) is 0 Å². The molecule has 0 bridgehead atoms. The fraction of sp³-hybridized carbons (Fsp3) is 0.667. The number of piperidine rings is 1. The number of rotatable bonds is 4. The molecule has 122 valence electrons. The molecule has 0 unspecified atom stereocenters. The molecule has 0 amide bonds. The largest absolute Gasteiger partial charge is 0.379 e. The molecule has 0 radical (unpaired) electrons. The molecule has 0 N–H and O–H groups in total. The second-order valence-electron chi connectivity index (χ2n) is 6.79. The highest BCUT2D eigenvalue weighted by Gasteiger charge is 2.35. The Kier molecular flexibility index (Phi) is 5.40. The van der Waals surface area contributed by atoms with Gasteiger partial charge in [0.15, 0.2) is 0 Å². The first-order valence-corrected chi connectivity index (χ1v) is 8.80. The van der Waals surface area contributed by atoms with Gasteiger partial charge in [0.05, 0.1) is 13.2 Å². The zero-order valence-electron chi connectivity index (χ0n) is 13.6. The van der Waals surface area contributed by atoms with E-state index in [0.717, 1.165) is 31.3 Å². The summed E-state index contributed by atoms with van der Waals surface area (Å²) in [7, 11) is 2.23. The van der Waals surface area contributed by atoms with Crippen LogP contribution in [0.2, 0.25) is 5.02 Å². The van der Waals surface area contributed by atoms with E-state index in [1.807, 2.05) is 12.1 Å². The van der Waals surface area contributed by atoms with E-state index in [9.17, 15) is 0 Å². The summed E-state index contributed by atoms with van der Waals surface area (Å²) in [4.78, 5) is 5.00. The number of ether oxygens (including phenoxy) is 1. The number of morpholine rings is 1. The summed E-state index contributed by atoms with van der Waals surface area (Å²) in [6, 6.07) is 8.58. The minimum Gasteiger partial charge on any atom is -0.379 e. The molecule has 2 aliphatic heterocycles. The first-order valence-electron chi connectivity index (χ1n) is 8.43. The molecule has 3 rings (SSSR count). The van der Waals surface area contributed by atoms with Gasteiger partial charge in [-0.25, -0.2) is 0 Å². The number of hydrogen-bond acceptors (Lipinski definition) is 3. The first-order chi connectivity index (χ1) is 10.7. The van der Waals surface area contributed by atoms with E-state index < -0.39 is 0 Å². The van der Waals surface area contributed by atoms with Gasteiger partial charge in [-0.05, 0) is 69.1 Å². The Hall–Kier alpha value is -0.610. The standard InChI is InChI=1S/C18H27ClN2O/c1-20-9-6-18(7-10-20,16-2-4-17(19)5-3-16)8-11-21-12-14-22-15-13-21/h2-5H,6-15H2,1H3. The first kappa shape index (κ1) is 16.3. The molecule has 4 heteroatoms. The third-order valence-corrected chi connectivity index (χ3v) is 5.66. The third kappa shape index (κ3) is 3.83. The average molecular weight is 323 g/mol. The lowest BCUT2D eigenvalue weighted by molar-refractivity contribution is 0.0317. The Morgan fingerprint density at radius 1 is 1.05 bits per heavy atom. The summed E-state index contributed by atoms with van der Waals surface area (Å²) in [5, 5.41) is 0.833. The fourth-order valence-corrected chi connectivity index (χ4v) is 3.86. The summed E-state index contributed by atoms with van der Waals surface area (Å²) in [6.45, 7) is 7.48. The molecule has 3 nitrogen and oxygen atoms in total. The number of benzene rings is 1. The monoisotopic (exact) mass is 322 g/mol. The summed E-state index contributed by atoms with van der Waals surface area (Å²) < 4.78 is 5.47. The van der Waals surface area contributed by atoms with Gasteiger partial charge in [-0.1, -0.05) is 23.7 Å². The SMILES string of the molecule is CN1CCC(CCN2CCOCC2)(c2ccc(Cl)cc2)CC1. The molecule has 1 aromatic carbocycles. The Morgan fingerprint density at radius 3 is 2.32 bits per heavy atom. The maximum Gasteiger partial charge on any atom is 0.0594 e. The molecule has 0 saturated carbocycles. The predicted molar refractivity (Wildman–Crippen MR) is 91.7 cm³/mol. The van der Waals surface area contributed by atoms with Gasteiger partial charge < -0.3 is 9.64 Å². The molecule has 2 fully saturated rings. The van der Waals surface area contributed by atoms with Crippen molar-refractivity contribution in [1.29, 1.82) is 0 Å². The topological polar surface area (TPSA) is 15.7 Å². The van der Waals surface area contributed by atoms with Gasteiger partial charge in [-0.3, -0.25) is 4.90 Å². The van der Waals surface area contributed by atoms with Gasteiger partial charge in [0.1, 0.15) is 0 Å². The quantitative estimate of drug-likeness (QED) is 0.847. The van der Waals surface area contributed by atoms with Crippen LogP contribution >= 0.6 is 11.6 Å². The van der Waals surface area contributed by atoms with E-state index in [1.54, 1.807) is 0 Å². The van der Waals surface area contributed by atoms with Crippen LogP contribution < -0.4 is 0 Å². The molecular formula is C18H27ClN2O. The molecule has 0 atom stereocenters. The van der Waals surface area contributed by atoms with Crippen molar-refractivity contribution in [3.8, 4) is 0 Å². The van der Waals surface area contributed by atoms with Crippen LogP contribution in [0.4, 0.5) is 0 Å². The van der Waals surface area contributed by atoms with E-state index in [2.05, 4.69) is 29.0 Å². The maximum atomic E-state index is 6.09. The minimum absolute atomic E-state index is 0.315. The zero-order valence-corrected chi connectivity index (χ0v) is 14.3. The number of hydrogen-bond donors (Lipinski definition) is 0. The van der Waals surface area contributed by atoms with Crippen LogP contribution in [0.5, 0.6) is 0 Å². The average Bonchev–Trinajstić information content (AvgIpc) is 2.56. The van der Waals surface area contributed by atoms with Gasteiger partial charge in [0, 0.05) is 18.1 Å². The van der Waals surface area contributed by atoms with Gasteiger partial charge >= 0.3 is 0 Å². The summed E-state index contributed by atoms with van der Waals surface area (Å²) in [5.74, 6) is 0. The van der Waals surface area contributed by atoms with Crippen LogP contribution in [0.25, 0.3) is 0 Å². The van der Waals surface area contributed by atoms with Crippen molar-refractivity contribution >= 4 is 11.6 Å². The number of likely N-dealkylation sites (tertiary alicyclic amines) is 1. The van der Waals surface area contributed by atoms with E-state index >= 15 is 0 Å². The van der Waals surface area contributed by atoms with Gasteiger partial charge in [0.25, 0.3) is 0 Å². The second-order valence-corrected chi connectivity index (χ2v) is 7.23. The van der Waals surface area contributed by atoms with Crippen LogP contribution in [0.3, 0.4) is 0 Å². The summed E-state index contributed by atoms with van der Waals surface area (Å²) in [5.41, 5.74) is 1.79. The molecular weight excluding hydrogens is 296 g/mol. The van der Waals surface area contributed by atoms with Crippen molar-refractivity contribution in [2.75, 3.05) is 53.0 Å². The van der Waals surface area contributed by atoms with Crippen molar-refractivity contribution in [2.24, 2.45) is 0 Å². The molecule has 0 spiro atoms. The lowest BCUT2D eigenvalue weighted by Crippen LogP contribution is -2.44. The minimum atomic E-state index is 0.315. The van der Waals surface area contributed by atoms with E-state index in [4.69, 9.17) is 16.3 Å². The fourth-order valence-electron chi connectivity index (χ4n) is 3.73. The van der Waals surface area contributed by atoms with Gasteiger partial charge in [-0.2, -0.15) is 0 Å². The van der Waals surface area contributed by atoms with Crippen LogP contribution in [-0.2, 0) is 10.2 Å². The van der Waals surface area contributed by atoms with Crippen LogP contribution in [0, 0.1) is 0 Å². The molecule has 2 saturated heterocycles. The number of halogens is 1. The molecule has 22 heavy (non-hydrogen) atoms. The molecule has 2 aliphatic rings. The highest BCUT2D eigenvalue weighted by molar-refractivity contribution is 6.30. The number of nitrogens with zero attached hydrogens (tertiary/aromatic N) is 2. The van der Waals surface area contributed by atoms with Crippen molar-refractivity contribution in [2.45, 2.75) is 24.7 Å². The zero-order chi connectivity index (χ0) is 15.4. The second kappa shape index (κ2) is 7.31. The lowest BCUT2D eigenvalue weighted by atomic mass is 9.70. The molecule has 0 aliphatic carbocycles. The van der Waals surface area contributed by atoms with Crippen LogP contribution in [0.1, 0.15) is 24.8 Å². The van der Waals surface area contributed by atoms with Gasteiger partial charge in [0.2, 0.25) is 0 Å². The Morgan fingerprint density at radius 2 is 1.68 bits per heavy atom. The maximum absolute atomic E-state index is 6.09. The highest BCUT2D eigenvalue weighted by atomic mass is 35.5. The smallest absolute Gasteiger partial charge is 0.0594 e. The predicted octanol–water partition coefficient (Wildman–Crippen LogP) is 3.03. The molecule has 1 aromatic rings. The Balaban J connectivity index is 1.72. The van der Waals surface area contributed by atoms with Gasteiger partial charge in [-0.15, -0.1) is 0 Å².